The van der Waals surface area contributed by atoms with Gasteiger partial charge in [-0.1, -0.05) is 0 Å². The van der Waals surface area contributed by atoms with Gasteiger partial charge < -0.3 is 10.1 Å². The van der Waals surface area contributed by atoms with E-state index >= 15 is 0 Å². The molecule has 1 fully saturated rings. The van der Waals surface area contributed by atoms with Crippen LogP contribution in [0.25, 0.3) is 0 Å². The molecule has 2 atom stereocenters. The number of amides is 1. The Kier molecular flexibility index (Phi) is 4.43. The Morgan fingerprint density at radius 1 is 1.45 bits per heavy atom. The molecular weight excluding hydrogens is 282 g/mol. The molecule has 116 valence electrons. The smallest absolute Gasteiger partial charge is 0.254 e. The van der Waals surface area contributed by atoms with Gasteiger partial charge in [-0.25, -0.2) is 9.97 Å². The lowest BCUT2D eigenvalue weighted by Crippen LogP contribution is -2.35. The lowest BCUT2D eigenvalue weighted by Gasteiger charge is -2.31. The van der Waals surface area contributed by atoms with Gasteiger partial charge in [0.05, 0.1) is 11.3 Å². The maximum atomic E-state index is 12.1. The molecule has 7 nitrogen and oxygen atoms in total. The number of aromatic nitrogens is 4. The van der Waals surface area contributed by atoms with E-state index in [1.54, 1.807) is 6.20 Å². The van der Waals surface area contributed by atoms with Crippen LogP contribution < -0.4 is 5.32 Å². The number of hydrogen-bond donors (Lipinski definition) is 1. The van der Waals surface area contributed by atoms with E-state index in [1.807, 2.05) is 17.8 Å². The molecule has 0 unspecified atom stereocenters. The highest BCUT2D eigenvalue weighted by Gasteiger charge is 2.29. The zero-order chi connectivity index (χ0) is 15.4. The number of nitrogens with one attached hydrogen (secondary N) is 1. The number of ether oxygens (including phenoxy) is 1. The Morgan fingerprint density at radius 3 is 3.00 bits per heavy atom. The zero-order valence-corrected chi connectivity index (χ0v) is 12.5. The summed E-state index contributed by atoms with van der Waals surface area (Å²) in [5, 5.41) is 7.15. The van der Waals surface area contributed by atoms with Gasteiger partial charge in [0.25, 0.3) is 5.91 Å². The summed E-state index contributed by atoms with van der Waals surface area (Å²) >= 11 is 0. The van der Waals surface area contributed by atoms with E-state index in [2.05, 4.69) is 20.4 Å². The largest absolute Gasteiger partial charge is 0.372 e. The van der Waals surface area contributed by atoms with Crippen molar-refractivity contribution in [1.82, 2.24) is 25.1 Å². The number of carbonyl (C=O) groups is 1. The second-order valence-corrected chi connectivity index (χ2v) is 5.41. The standard InChI is InChI=1S/C15H19N5O2/c1-20-13(4-5-19-20)14-11(3-2-6-22-14)9-18-15(21)12-7-16-10-17-8-12/h4-5,7-8,10-11,14H,2-3,6,9H2,1H3,(H,18,21)/t11-,14+/m0/s1. The maximum Gasteiger partial charge on any atom is 0.254 e. The molecule has 3 rings (SSSR count). The van der Waals surface area contributed by atoms with Crippen molar-refractivity contribution in [1.29, 1.82) is 0 Å². The van der Waals surface area contributed by atoms with Gasteiger partial charge in [0.15, 0.2) is 0 Å². The molecule has 0 bridgehead atoms. The minimum Gasteiger partial charge on any atom is -0.372 e. The molecule has 1 amide bonds. The zero-order valence-electron chi connectivity index (χ0n) is 12.5. The van der Waals surface area contributed by atoms with E-state index in [-0.39, 0.29) is 17.9 Å². The van der Waals surface area contributed by atoms with Crippen molar-refractivity contribution in [2.24, 2.45) is 13.0 Å². The summed E-state index contributed by atoms with van der Waals surface area (Å²) in [6.45, 7) is 1.30. The molecule has 1 saturated heterocycles. The van der Waals surface area contributed by atoms with Crippen LogP contribution in [-0.4, -0.2) is 38.8 Å². The summed E-state index contributed by atoms with van der Waals surface area (Å²) in [7, 11) is 1.91. The number of aryl methyl sites for hydroxylation is 1. The lowest BCUT2D eigenvalue weighted by molar-refractivity contribution is -0.0317. The Bertz CT molecular complexity index is 628. The quantitative estimate of drug-likeness (QED) is 0.914. The third-order valence-electron chi connectivity index (χ3n) is 3.94. The summed E-state index contributed by atoms with van der Waals surface area (Å²) < 4.78 is 7.75. The van der Waals surface area contributed by atoms with E-state index < -0.39 is 0 Å². The van der Waals surface area contributed by atoms with Crippen molar-refractivity contribution in [3.05, 3.63) is 42.2 Å². The third kappa shape index (κ3) is 3.14. The second kappa shape index (κ2) is 6.65. The second-order valence-electron chi connectivity index (χ2n) is 5.41. The molecule has 1 aliphatic heterocycles. The van der Waals surface area contributed by atoms with Crippen molar-refractivity contribution in [2.45, 2.75) is 18.9 Å². The summed E-state index contributed by atoms with van der Waals surface area (Å²) in [6.07, 6.45) is 8.18. The van der Waals surface area contributed by atoms with E-state index in [0.717, 1.165) is 25.1 Å². The van der Waals surface area contributed by atoms with Crippen LogP contribution >= 0.6 is 0 Å². The molecule has 0 aromatic carbocycles. The fourth-order valence-corrected chi connectivity index (χ4v) is 2.78. The first kappa shape index (κ1) is 14.6. The number of hydrogen-bond acceptors (Lipinski definition) is 5. The highest BCUT2D eigenvalue weighted by Crippen LogP contribution is 2.32. The highest BCUT2D eigenvalue weighted by molar-refractivity contribution is 5.93. The first-order valence-electron chi connectivity index (χ1n) is 7.38. The average molecular weight is 301 g/mol. The molecule has 2 aromatic heterocycles. The van der Waals surface area contributed by atoms with Gasteiger partial charge in [0, 0.05) is 44.7 Å². The van der Waals surface area contributed by atoms with Gasteiger partial charge in [-0.05, 0) is 18.9 Å². The van der Waals surface area contributed by atoms with Gasteiger partial charge in [-0.2, -0.15) is 5.10 Å². The fraction of sp³-hybridized carbons (Fsp3) is 0.467. The van der Waals surface area contributed by atoms with Crippen LogP contribution in [0.3, 0.4) is 0 Å². The molecule has 22 heavy (non-hydrogen) atoms. The SMILES string of the molecule is Cn1nccc1[C@@H]1OCCC[C@H]1CNC(=O)c1cncnc1. The Labute approximate surface area is 128 Å². The highest BCUT2D eigenvalue weighted by atomic mass is 16.5. The normalized spacial score (nSPS) is 21.5. The first-order chi connectivity index (χ1) is 10.8. The topological polar surface area (TPSA) is 81.9 Å². The Balaban J connectivity index is 1.65. The first-order valence-corrected chi connectivity index (χ1v) is 7.38. The van der Waals surface area contributed by atoms with Crippen LogP contribution in [0.15, 0.2) is 31.0 Å². The minimum absolute atomic E-state index is 0.0337. The molecule has 0 aliphatic carbocycles. The molecule has 7 heteroatoms. The van der Waals surface area contributed by atoms with Crippen LogP contribution in [0.4, 0.5) is 0 Å². The maximum absolute atomic E-state index is 12.1. The molecule has 1 aliphatic rings. The molecule has 0 saturated carbocycles. The summed E-state index contributed by atoms with van der Waals surface area (Å²) in [5.74, 6) is 0.0765. The summed E-state index contributed by atoms with van der Waals surface area (Å²) in [4.78, 5) is 19.8. The van der Waals surface area contributed by atoms with Crippen molar-refractivity contribution in [3.63, 3.8) is 0 Å². The van der Waals surface area contributed by atoms with Gasteiger partial charge >= 0.3 is 0 Å². The Morgan fingerprint density at radius 2 is 2.27 bits per heavy atom. The van der Waals surface area contributed by atoms with Crippen LogP contribution in [0.1, 0.15) is 35.0 Å². The van der Waals surface area contributed by atoms with Gasteiger partial charge in [-0.15, -0.1) is 0 Å². The molecule has 2 aromatic rings. The third-order valence-corrected chi connectivity index (χ3v) is 3.94. The van der Waals surface area contributed by atoms with Crippen molar-refractivity contribution < 1.29 is 9.53 Å². The predicted molar refractivity (Wildman–Crippen MR) is 79.0 cm³/mol. The average Bonchev–Trinajstić information content (AvgIpc) is 2.99. The molecular formula is C15H19N5O2. The summed E-state index contributed by atoms with van der Waals surface area (Å²) in [5.41, 5.74) is 1.51. The van der Waals surface area contributed by atoms with Crippen molar-refractivity contribution in [3.8, 4) is 0 Å². The van der Waals surface area contributed by atoms with E-state index in [4.69, 9.17) is 4.74 Å². The van der Waals surface area contributed by atoms with Crippen LogP contribution in [0.5, 0.6) is 0 Å². The van der Waals surface area contributed by atoms with Gasteiger partial charge in [-0.3, -0.25) is 9.48 Å². The molecule has 1 N–H and O–H groups in total. The number of rotatable bonds is 4. The lowest BCUT2D eigenvalue weighted by atomic mass is 9.92. The van der Waals surface area contributed by atoms with E-state index in [0.29, 0.717) is 12.1 Å². The number of nitrogens with zero attached hydrogens (tertiary/aromatic N) is 4. The molecule has 0 spiro atoms. The van der Waals surface area contributed by atoms with Crippen molar-refractivity contribution in [2.75, 3.05) is 13.2 Å². The summed E-state index contributed by atoms with van der Waals surface area (Å²) in [6, 6.07) is 1.97. The number of carbonyl (C=O) groups excluding carboxylic acids is 1. The predicted octanol–water partition coefficient (Wildman–Crippen LogP) is 1.11. The Hall–Kier alpha value is -2.28. The monoisotopic (exact) mass is 301 g/mol. The molecule has 0 radical (unpaired) electrons. The van der Waals surface area contributed by atoms with E-state index in [9.17, 15) is 4.79 Å². The molecule has 3 heterocycles. The van der Waals surface area contributed by atoms with Crippen LogP contribution in [0.2, 0.25) is 0 Å². The van der Waals surface area contributed by atoms with E-state index in [1.165, 1.54) is 18.7 Å². The van der Waals surface area contributed by atoms with Crippen molar-refractivity contribution >= 4 is 5.91 Å². The van der Waals surface area contributed by atoms with Crippen LogP contribution in [-0.2, 0) is 11.8 Å². The van der Waals surface area contributed by atoms with Gasteiger partial charge in [0.1, 0.15) is 12.4 Å². The fourth-order valence-electron chi connectivity index (χ4n) is 2.78. The minimum atomic E-state index is -0.157. The van der Waals surface area contributed by atoms with Crippen LogP contribution in [0, 0.1) is 5.92 Å². The van der Waals surface area contributed by atoms with Gasteiger partial charge in [0.2, 0.25) is 0 Å².